The van der Waals surface area contributed by atoms with E-state index in [1.165, 1.54) is 0 Å². The molecule has 0 aliphatic carbocycles. The van der Waals surface area contributed by atoms with Crippen LogP contribution in [0.3, 0.4) is 0 Å². The standard InChI is InChI=1S/C25H27N5O2S/c1-18-5-11-21(12-6-18)24-27-25(26-17-20-9-13-22(14-10-20)29(3)4)30(28-24)33(31,32)23-15-7-19(2)8-16-23/h5-16H,17H2,1-4H3,(H,26,27,28). The number of aromatic nitrogens is 3. The van der Waals surface area contributed by atoms with Crippen LogP contribution in [-0.2, 0) is 16.6 Å². The summed E-state index contributed by atoms with van der Waals surface area (Å²) in [4.78, 5) is 6.72. The molecule has 4 rings (SSSR count). The molecule has 0 saturated carbocycles. The lowest BCUT2D eigenvalue weighted by atomic mass is 10.1. The molecule has 0 atom stereocenters. The van der Waals surface area contributed by atoms with Crippen LogP contribution in [-0.4, -0.2) is 36.7 Å². The monoisotopic (exact) mass is 461 g/mol. The van der Waals surface area contributed by atoms with Crippen LogP contribution in [0.2, 0.25) is 0 Å². The second-order valence-corrected chi connectivity index (χ2v) is 9.97. The first-order chi connectivity index (χ1) is 15.7. The van der Waals surface area contributed by atoms with Gasteiger partial charge in [-0.25, -0.2) is 0 Å². The number of nitrogens with zero attached hydrogens (tertiary/aromatic N) is 4. The van der Waals surface area contributed by atoms with Gasteiger partial charge in [-0.05, 0) is 43.7 Å². The van der Waals surface area contributed by atoms with E-state index in [0.29, 0.717) is 12.4 Å². The zero-order valence-electron chi connectivity index (χ0n) is 19.1. The summed E-state index contributed by atoms with van der Waals surface area (Å²) in [6, 6.07) is 22.4. The van der Waals surface area contributed by atoms with E-state index < -0.39 is 10.0 Å². The summed E-state index contributed by atoms with van der Waals surface area (Å²) in [5.41, 5.74) is 4.92. The maximum Gasteiger partial charge on any atom is 0.286 e. The molecule has 0 aliphatic heterocycles. The van der Waals surface area contributed by atoms with Gasteiger partial charge in [-0.1, -0.05) is 59.7 Å². The van der Waals surface area contributed by atoms with Crippen molar-refractivity contribution in [3.63, 3.8) is 0 Å². The molecule has 1 N–H and O–H groups in total. The van der Waals surface area contributed by atoms with Crippen molar-refractivity contribution in [1.82, 2.24) is 14.2 Å². The minimum Gasteiger partial charge on any atom is -0.378 e. The minimum atomic E-state index is -3.93. The normalized spacial score (nSPS) is 11.4. The topological polar surface area (TPSA) is 80.1 Å². The molecule has 4 aromatic rings. The lowest BCUT2D eigenvalue weighted by molar-refractivity contribution is 0.580. The van der Waals surface area contributed by atoms with Crippen molar-refractivity contribution in [3.05, 3.63) is 89.5 Å². The van der Waals surface area contributed by atoms with Crippen LogP contribution in [0, 0.1) is 13.8 Å². The Kier molecular flexibility index (Phi) is 6.20. The van der Waals surface area contributed by atoms with Crippen molar-refractivity contribution in [2.75, 3.05) is 24.3 Å². The quantitative estimate of drug-likeness (QED) is 0.437. The maximum absolute atomic E-state index is 13.4. The van der Waals surface area contributed by atoms with E-state index in [9.17, 15) is 8.42 Å². The number of aryl methyl sites for hydroxylation is 2. The molecule has 170 valence electrons. The summed E-state index contributed by atoms with van der Waals surface area (Å²) >= 11 is 0. The lowest BCUT2D eigenvalue weighted by Gasteiger charge is -2.13. The molecule has 33 heavy (non-hydrogen) atoms. The van der Waals surface area contributed by atoms with Crippen LogP contribution in [0.1, 0.15) is 16.7 Å². The second kappa shape index (κ2) is 9.07. The molecule has 0 unspecified atom stereocenters. The average molecular weight is 462 g/mol. The third kappa shape index (κ3) is 4.90. The van der Waals surface area contributed by atoms with E-state index >= 15 is 0 Å². The summed E-state index contributed by atoms with van der Waals surface area (Å²) in [5.74, 6) is 0.513. The fourth-order valence-corrected chi connectivity index (χ4v) is 4.50. The molecule has 0 radical (unpaired) electrons. The van der Waals surface area contributed by atoms with E-state index in [1.54, 1.807) is 24.3 Å². The molecule has 1 aromatic heterocycles. The SMILES string of the molecule is Cc1ccc(-c2nc(NCc3ccc(N(C)C)cc3)n(S(=O)(=O)c3ccc(C)cc3)n2)cc1. The Morgan fingerprint density at radius 2 is 1.42 bits per heavy atom. The first-order valence-electron chi connectivity index (χ1n) is 10.6. The largest absolute Gasteiger partial charge is 0.378 e. The highest BCUT2D eigenvalue weighted by Crippen LogP contribution is 2.24. The molecule has 0 bridgehead atoms. The zero-order valence-corrected chi connectivity index (χ0v) is 20.0. The van der Waals surface area contributed by atoms with Crippen LogP contribution in [0.5, 0.6) is 0 Å². The van der Waals surface area contributed by atoms with Gasteiger partial charge < -0.3 is 10.2 Å². The lowest BCUT2D eigenvalue weighted by Crippen LogP contribution is -2.18. The number of hydrogen-bond acceptors (Lipinski definition) is 6. The minimum absolute atomic E-state index is 0.159. The number of nitrogens with one attached hydrogen (secondary N) is 1. The molecule has 0 spiro atoms. The van der Waals surface area contributed by atoms with Crippen molar-refractivity contribution in [2.45, 2.75) is 25.3 Å². The highest BCUT2D eigenvalue weighted by molar-refractivity contribution is 7.90. The number of anilines is 2. The van der Waals surface area contributed by atoms with Gasteiger partial charge >= 0.3 is 0 Å². The highest BCUT2D eigenvalue weighted by atomic mass is 32.2. The van der Waals surface area contributed by atoms with Gasteiger partial charge in [0.05, 0.1) is 4.90 Å². The summed E-state index contributed by atoms with van der Waals surface area (Å²) in [6.07, 6.45) is 0. The molecule has 1 heterocycles. The molecule has 0 fully saturated rings. The van der Waals surface area contributed by atoms with Gasteiger partial charge in [0.1, 0.15) is 0 Å². The molecule has 0 amide bonds. The van der Waals surface area contributed by atoms with Gasteiger partial charge in [0.25, 0.3) is 10.0 Å². The van der Waals surface area contributed by atoms with E-state index in [0.717, 1.165) is 32.0 Å². The molecule has 3 aromatic carbocycles. The third-order valence-electron chi connectivity index (χ3n) is 5.34. The highest BCUT2D eigenvalue weighted by Gasteiger charge is 2.24. The van der Waals surface area contributed by atoms with Gasteiger partial charge in [-0.3, -0.25) is 0 Å². The smallest absolute Gasteiger partial charge is 0.286 e. The predicted octanol–water partition coefficient (Wildman–Crippen LogP) is 4.48. The van der Waals surface area contributed by atoms with Gasteiger partial charge in [0.15, 0.2) is 5.82 Å². The molecule has 7 nitrogen and oxygen atoms in total. The third-order valence-corrected chi connectivity index (χ3v) is 6.92. The van der Waals surface area contributed by atoms with Crippen molar-refractivity contribution in [1.29, 1.82) is 0 Å². The van der Waals surface area contributed by atoms with E-state index in [-0.39, 0.29) is 10.8 Å². The van der Waals surface area contributed by atoms with Crippen molar-refractivity contribution < 1.29 is 8.42 Å². The first-order valence-corrected chi connectivity index (χ1v) is 12.0. The Balaban J connectivity index is 1.70. The maximum atomic E-state index is 13.4. The van der Waals surface area contributed by atoms with E-state index in [1.807, 2.05) is 81.4 Å². The summed E-state index contributed by atoms with van der Waals surface area (Å²) in [5, 5.41) is 7.54. The van der Waals surface area contributed by atoms with Gasteiger partial charge in [0, 0.05) is 31.9 Å². The van der Waals surface area contributed by atoms with Crippen LogP contribution < -0.4 is 10.2 Å². The first kappa shape index (κ1) is 22.5. The summed E-state index contributed by atoms with van der Waals surface area (Å²) in [7, 11) is 0.0386. The Morgan fingerprint density at radius 1 is 0.848 bits per heavy atom. The van der Waals surface area contributed by atoms with Gasteiger partial charge in [0.2, 0.25) is 5.95 Å². The van der Waals surface area contributed by atoms with Gasteiger partial charge in [-0.15, -0.1) is 9.19 Å². The molecule has 0 saturated heterocycles. The number of hydrogen-bond donors (Lipinski definition) is 1. The Hall–Kier alpha value is -3.65. The van der Waals surface area contributed by atoms with Crippen LogP contribution in [0.15, 0.2) is 77.7 Å². The van der Waals surface area contributed by atoms with Crippen molar-refractivity contribution in [3.8, 4) is 11.4 Å². The van der Waals surface area contributed by atoms with Gasteiger partial charge in [-0.2, -0.15) is 13.4 Å². The molecule has 8 heteroatoms. The fraction of sp³-hybridized carbons (Fsp3) is 0.200. The van der Waals surface area contributed by atoms with Crippen LogP contribution in [0.25, 0.3) is 11.4 Å². The molecular formula is C25H27N5O2S. The predicted molar refractivity (Wildman–Crippen MR) is 132 cm³/mol. The molecular weight excluding hydrogens is 434 g/mol. The van der Waals surface area contributed by atoms with Crippen LogP contribution in [0.4, 0.5) is 11.6 Å². The fourth-order valence-electron chi connectivity index (χ4n) is 3.30. The van der Waals surface area contributed by atoms with E-state index in [4.69, 9.17) is 0 Å². The molecule has 0 aliphatic rings. The summed E-state index contributed by atoms with van der Waals surface area (Å²) < 4.78 is 27.8. The Morgan fingerprint density at radius 3 is 2.00 bits per heavy atom. The van der Waals surface area contributed by atoms with E-state index in [2.05, 4.69) is 15.4 Å². The Bertz CT molecular complexity index is 1340. The number of rotatable bonds is 7. The average Bonchev–Trinajstić information content (AvgIpc) is 3.24. The van der Waals surface area contributed by atoms with Crippen molar-refractivity contribution in [2.24, 2.45) is 0 Å². The zero-order chi connectivity index (χ0) is 23.6. The summed E-state index contributed by atoms with van der Waals surface area (Å²) in [6.45, 7) is 4.31. The van der Waals surface area contributed by atoms with Crippen molar-refractivity contribution >= 4 is 21.7 Å². The van der Waals surface area contributed by atoms with Crippen LogP contribution >= 0.6 is 0 Å². The number of benzene rings is 3. The Labute approximate surface area is 194 Å². The second-order valence-electron chi connectivity index (χ2n) is 8.20.